The molecule has 6 nitrogen and oxygen atoms in total. The molecule has 0 aliphatic carbocycles. The summed E-state index contributed by atoms with van der Waals surface area (Å²) >= 11 is 3.19. The second kappa shape index (κ2) is 6.60. The van der Waals surface area contributed by atoms with Crippen LogP contribution in [0.4, 0.5) is 0 Å². The summed E-state index contributed by atoms with van der Waals surface area (Å²) < 4.78 is 11.3. The van der Waals surface area contributed by atoms with Crippen LogP contribution in [0.1, 0.15) is 12.3 Å². The number of carbonyl (C=O) groups excluding carboxylic acids is 1. The van der Waals surface area contributed by atoms with Gasteiger partial charge in [0.25, 0.3) is 5.52 Å². The number of hydrogen-bond donors (Lipinski definition) is 1. The van der Waals surface area contributed by atoms with Crippen molar-refractivity contribution < 1.29 is 18.7 Å². The Balaban J connectivity index is 2.07. The number of nitrogens with one attached hydrogen (secondary N) is 1. The number of methoxy groups -OCH3 is 1. The summed E-state index contributed by atoms with van der Waals surface area (Å²) in [5, 5.41) is 15.3. The molecular formula is C13H15BrN2O4. The van der Waals surface area contributed by atoms with Crippen molar-refractivity contribution in [3.8, 4) is 5.75 Å². The van der Waals surface area contributed by atoms with E-state index in [1.807, 2.05) is 0 Å². The monoisotopic (exact) mass is 342 g/mol. The molecule has 0 spiro atoms. The maximum Gasteiger partial charge on any atom is 0.361 e. The van der Waals surface area contributed by atoms with Gasteiger partial charge in [0.05, 0.1) is 13.5 Å². The van der Waals surface area contributed by atoms with Crippen molar-refractivity contribution in [1.29, 1.82) is 0 Å². The van der Waals surface area contributed by atoms with Crippen LogP contribution in [0.5, 0.6) is 5.75 Å². The number of amides is 1. The number of fused-ring (bicyclic) bond motifs is 1. The molecule has 1 amide bonds. The van der Waals surface area contributed by atoms with Gasteiger partial charge in [0, 0.05) is 30.4 Å². The number of hydrogen-bond acceptors (Lipinski definition) is 4. The first-order valence-electron chi connectivity index (χ1n) is 6.17. The summed E-state index contributed by atoms with van der Waals surface area (Å²) in [6.45, 7) is 0.366. The average Bonchev–Trinajstić information content (AvgIpc) is 2.75. The van der Waals surface area contributed by atoms with Crippen LogP contribution in [-0.4, -0.2) is 24.9 Å². The number of halogens is 1. The van der Waals surface area contributed by atoms with Crippen LogP contribution >= 0.6 is 15.9 Å². The first-order chi connectivity index (χ1) is 9.65. The number of carbonyl (C=O) groups is 1. The third-order valence-electron chi connectivity index (χ3n) is 2.82. The van der Waals surface area contributed by atoms with E-state index >= 15 is 0 Å². The molecule has 0 bridgehead atoms. The molecule has 0 saturated carbocycles. The van der Waals surface area contributed by atoms with Crippen LogP contribution in [0, 0.1) is 5.21 Å². The van der Waals surface area contributed by atoms with Gasteiger partial charge in [-0.1, -0.05) is 15.9 Å². The van der Waals surface area contributed by atoms with Gasteiger partial charge < -0.3 is 19.7 Å². The zero-order valence-corrected chi connectivity index (χ0v) is 12.6. The number of ether oxygens (including phenoxy) is 1. The van der Waals surface area contributed by atoms with E-state index in [9.17, 15) is 10.0 Å². The van der Waals surface area contributed by atoms with Crippen LogP contribution in [0.2, 0.25) is 0 Å². The molecule has 20 heavy (non-hydrogen) atoms. The minimum atomic E-state index is -0.0582. The van der Waals surface area contributed by atoms with Gasteiger partial charge in [0.1, 0.15) is 5.75 Å². The minimum absolute atomic E-state index is 0.0582. The van der Waals surface area contributed by atoms with E-state index in [1.54, 1.807) is 25.3 Å². The second-order valence-corrected chi connectivity index (χ2v) is 4.96. The lowest BCUT2D eigenvalue weighted by molar-refractivity contribution is -0.592. The van der Waals surface area contributed by atoms with E-state index in [1.165, 1.54) is 0 Å². The first-order valence-corrected chi connectivity index (χ1v) is 7.29. The molecule has 0 fully saturated rings. The predicted molar refractivity (Wildman–Crippen MR) is 76.9 cm³/mol. The lowest BCUT2D eigenvalue weighted by Crippen LogP contribution is -2.33. The van der Waals surface area contributed by atoms with Crippen LogP contribution in [0.15, 0.2) is 22.6 Å². The molecule has 0 saturated heterocycles. The van der Waals surface area contributed by atoms with Crippen LogP contribution < -0.4 is 14.8 Å². The Hall–Kier alpha value is -1.76. The SMILES string of the molecule is COc1ccc2c(c1)oc(CCNC(=O)CCBr)[n+]2[O-]. The van der Waals surface area contributed by atoms with Gasteiger partial charge in [-0.25, -0.2) is 0 Å². The van der Waals surface area contributed by atoms with E-state index in [0.29, 0.717) is 41.6 Å². The van der Waals surface area contributed by atoms with Crippen LogP contribution in [0.25, 0.3) is 11.1 Å². The lowest BCUT2D eigenvalue weighted by atomic mass is 10.3. The predicted octanol–water partition coefficient (Wildman–Crippen LogP) is 1.52. The molecular weight excluding hydrogens is 328 g/mol. The standard InChI is InChI=1S/C13H15BrN2O4/c1-19-9-2-3-10-11(8-9)20-13(16(10)18)5-7-15-12(17)4-6-14/h2-3,8H,4-7H2,1H3,(H,15,17). The fourth-order valence-corrected chi connectivity index (χ4v) is 2.17. The summed E-state index contributed by atoms with van der Waals surface area (Å²) in [6, 6.07) is 5.02. The van der Waals surface area contributed by atoms with Crippen molar-refractivity contribution in [1.82, 2.24) is 5.32 Å². The molecule has 2 rings (SSSR count). The second-order valence-electron chi connectivity index (χ2n) is 4.16. The van der Waals surface area contributed by atoms with Crippen molar-refractivity contribution in [3.63, 3.8) is 0 Å². The Bertz CT molecular complexity index is 612. The van der Waals surface area contributed by atoms with Gasteiger partial charge in [-0.2, -0.15) is 0 Å². The van der Waals surface area contributed by atoms with Crippen molar-refractivity contribution in [2.24, 2.45) is 0 Å². The maximum absolute atomic E-state index is 12.0. The Morgan fingerprint density at radius 3 is 3.05 bits per heavy atom. The fraction of sp³-hybridized carbons (Fsp3) is 0.385. The molecule has 1 aromatic carbocycles. The Kier molecular flexibility index (Phi) is 4.84. The van der Waals surface area contributed by atoms with Gasteiger partial charge in [0.15, 0.2) is 0 Å². The summed E-state index contributed by atoms with van der Waals surface area (Å²) in [5.41, 5.74) is 0.925. The molecule has 1 N–H and O–H groups in total. The number of benzene rings is 1. The number of alkyl halides is 1. The maximum atomic E-state index is 12.0. The Morgan fingerprint density at radius 2 is 2.35 bits per heavy atom. The van der Waals surface area contributed by atoms with Crippen molar-refractivity contribution in [2.45, 2.75) is 12.8 Å². The quantitative estimate of drug-likeness (QED) is 0.490. The molecule has 1 heterocycles. The largest absolute Gasteiger partial charge is 0.616 e. The highest BCUT2D eigenvalue weighted by Crippen LogP contribution is 2.20. The van der Waals surface area contributed by atoms with E-state index in [-0.39, 0.29) is 11.8 Å². The number of rotatable bonds is 6. The lowest BCUT2D eigenvalue weighted by Gasteiger charge is -2.01. The molecule has 108 valence electrons. The highest BCUT2D eigenvalue weighted by atomic mass is 79.9. The van der Waals surface area contributed by atoms with Gasteiger partial charge in [-0.15, -0.1) is 4.73 Å². The number of oxazole rings is 1. The molecule has 7 heteroatoms. The van der Waals surface area contributed by atoms with E-state index < -0.39 is 0 Å². The van der Waals surface area contributed by atoms with Crippen molar-refractivity contribution in [2.75, 3.05) is 19.0 Å². The van der Waals surface area contributed by atoms with Crippen molar-refractivity contribution in [3.05, 3.63) is 29.3 Å². The molecule has 0 radical (unpaired) electrons. The molecule has 0 aliphatic rings. The fourth-order valence-electron chi connectivity index (χ4n) is 1.81. The summed E-state index contributed by atoms with van der Waals surface area (Å²) in [6.07, 6.45) is 0.753. The molecule has 1 aromatic heterocycles. The van der Waals surface area contributed by atoms with E-state index in [0.717, 1.165) is 4.73 Å². The summed E-state index contributed by atoms with van der Waals surface area (Å²) in [7, 11) is 1.55. The zero-order valence-electron chi connectivity index (χ0n) is 11.0. The topological polar surface area (TPSA) is 78.4 Å². The molecule has 0 atom stereocenters. The Morgan fingerprint density at radius 1 is 1.55 bits per heavy atom. The number of nitrogens with zero attached hydrogens (tertiary/aromatic N) is 1. The van der Waals surface area contributed by atoms with Crippen LogP contribution in [0.3, 0.4) is 0 Å². The highest BCUT2D eigenvalue weighted by Gasteiger charge is 2.18. The minimum Gasteiger partial charge on any atom is -0.616 e. The number of aromatic nitrogens is 1. The Labute approximate surface area is 124 Å². The van der Waals surface area contributed by atoms with Gasteiger partial charge >= 0.3 is 5.89 Å². The smallest absolute Gasteiger partial charge is 0.361 e. The third-order valence-corrected chi connectivity index (χ3v) is 3.22. The summed E-state index contributed by atoms with van der Waals surface area (Å²) in [5.74, 6) is 0.841. The van der Waals surface area contributed by atoms with E-state index in [2.05, 4.69) is 21.2 Å². The van der Waals surface area contributed by atoms with Gasteiger partial charge in [-0.05, 0) is 6.07 Å². The molecule has 0 unspecified atom stereocenters. The summed E-state index contributed by atoms with van der Waals surface area (Å²) in [4.78, 5) is 11.3. The van der Waals surface area contributed by atoms with E-state index in [4.69, 9.17) is 9.15 Å². The van der Waals surface area contributed by atoms with Crippen molar-refractivity contribution >= 4 is 32.9 Å². The van der Waals surface area contributed by atoms with Crippen LogP contribution in [-0.2, 0) is 11.2 Å². The normalized spacial score (nSPS) is 10.7. The van der Waals surface area contributed by atoms with Gasteiger partial charge in [-0.3, -0.25) is 4.79 Å². The molecule has 2 aromatic rings. The first kappa shape index (κ1) is 14.6. The van der Waals surface area contributed by atoms with Gasteiger partial charge in [0.2, 0.25) is 11.5 Å². The molecule has 0 aliphatic heterocycles. The average molecular weight is 343 g/mol. The highest BCUT2D eigenvalue weighted by molar-refractivity contribution is 9.09. The zero-order chi connectivity index (χ0) is 14.5. The third kappa shape index (κ3) is 3.22.